The van der Waals surface area contributed by atoms with Crippen molar-refractivity contribution in [3.63, 3.8) is 0 Å². The summed E-state index contributed by atoms with van der Waals surface area (Å²) in [7, 11) is 0.0135. The molecule has 0 aliphatic rings. The van der Waals surface area contributed by atoms with Crippen LogP contribution in [0.25, 0.3) is 0 Å². The Bertz CT molecular complexity index is 813. The lowest BCUT2D eigenvalue weighted by Gasteiger charge is -2.38. The molecular formula is C22H33NO7Si. The molecule has 0 aliphatic carbocycles. The van der Waals surface area contributed by atoms with E-state index in [1.165, 1.54) is 7.11 Å². The monoisotopic (exact) mass is 451 g/mol. The first-order valence-corrected chi connectivity index (χ1v) is 12.8. The van der Waals surface area contributed by atoms with E-state index < -0.39 is 32.5 Å². The number of esters is 2. The second-order valence-corrected chi connectivity index (χ2v) is 13.2. The fourth-order valence-electron chi connectivity index (χ4n) is 2.45. The number of benzene rings is 1. The maximum Gasteiger partial charge on any atom is 0.412 e. The van der Waals surface area contributed by atoms with E-state index in [1.54, 1.807) is 19.1 Å². The van der Waals surface area contributed by atoms with Gasteiger partial charge in [-0.05, 0) is 30.6 Å². The molecule has 0 fully saturated rings. The first kappa shape index (κ1) is 26.4. The zero-order valence-electron chi connectivity index (χ0n) is 19.5. The van der Waals surface area contributed by atoms with Crippen molar-refractivity contribution in [1.29, 1.82) is 0 Å². The molecule has 1 amide bonds. The number of alkyl carbamates (subject to hydrolysis) is 1. The largest absolute Gasteiger partial charge is 0.466 e. The van der Waals surface area contributed by atoms with Crippen LogP contribution in [0.1, 0.15) is 33.3 Å². The van der Waals surface area contributed by atoms with Gasteiger partial charge in [-0.2, -0.15) is 0 Å². The van der Waals surface area contributed by atoms with Gasteiger partial charge in [-0.1, -0.05) is 51.1 Å². The van der Waals surface area contributed by atoms with Crippen LogP contribution in [0, 0.1) is 0 Å². The van der Waals surface area contributed by atoms with E-state index in [1.807, 2.05) is 52.1 Å². The highest BCUT2D eigenvalue weighted by atomic mass is 28.4. The van der Waals surface area contributed by atoms with E-state index in [4.69, 9.17) is 18.6 Å². The number of hydrogen-bond donors (Lipinski definition) is 1. The molecule has 31 heavy (non-hydrogen) atoms. The number of ether oxygens (including phenoxy) is 3. The summed E-state index contributed by atoms with van der Waals surface area (Å²) in [4.78, 5) is 37.4. The second kappa shape index (κ2) is 11.1. The number of carbonyl (C=O) groups is 3. The Morgan fingerprint density at radius 3 is 2.03 bits per heavy atom. The van der Waals surface area contributed by atoms with Gasteiger partial charge in [-0.25, -0.2) is 14.4 Å². The Hall–Kier alpha value is -2.65. The second-order valence-electron chi connectivity index (χ2n) is 8.48. The molecule has 172 valence electrons. The van der Waals surface area contributed by atoms with E-state index in [9.17, 15) is 14.4 Å². The highest BCUT2D eigenvalue weighted by Crippen LogP contribution is 2.38. The van der Waals surface area contributed by atoms with Crippen molar-refractivity contribution >= 4 is 26.3 Å². The molecule has 1 rings (SSSR count). The molecule has 0 radical (unpaired) electrons. The number of hydrogen-bond acceptors (Lipinski definition) is 7. The molecular weight excluding hydrogens is 418 g/mol. The molecule has 0 unspecified atom stereocenters. The summed E-state index contributed by atoms with van der Waals surface area (Å²) in [5, 5.41) is 2.19. The molecule has 0 bridgehead atoms. The molecule has 8 nitrogen and oxygen atoms in total. The van der Waals surface area contributed by atoms with Crippen molar-refractivity contribution in [2.75, 3.05) is 14.2 Å². The number of carbonyl (C=O) groups excluding carboxylic acids is 3. The van der Waals surface area contributed by atoms with E-state index in [0.717, 1.165) is 12.7 Å². The number of rotatable bonds is 8. The fourth-order valence-corrected chi connectivity index (χ4v) is 3.81. The highest BCUT2D eigenvalue weighted by Gasteiger charge is 2.41. The Labute approximate surface area is 185 Å². The zero-order valence-corrected chi connectivity index (χ0v) is 20.5. The van der Waals surface area contributed by atoms with Crippen LogP contribution in [0.2, 0.25) is 18.1 Å². The minimum atomic E-state index is -2.32. The van der Waals surface area contributed by atoms with Gasteiger partial charge in [0.1, 0.15) is 12.3 Å². The molecule has 0 heterocycles. The lowest BCUT2D eigenvalue weighted by molar-refractivity contribution is -0.140. The van der Waals surface area contributed by atoms with Crippen molar-refractivity contribution in [1.82, 2.24) is 5.32 Å². The summed E-state index contributed by atoms with van der Waals surface area (Å²) in [6, 6.07) is 9.05. The number of amides is 1. The van der Waals surface area contributed by atoms with Gasteiger partial charge in [0.2, 0.25) is 0 Å². The van der Waals surface area contributed by atoms with Gasteiger partial charge in [-0.15, -0.1) is 0 Å². The van der Waals surface area contributed by atoms with Crippen LogP contribution in [0.4, 0.5) is 4.79 Å². The van der Waals surface area contributed by atoms with Crippen LogP contribution in [0.15, 0.2) is 41.6 Å². The summed E-state index contributed by atoms with van der Waals surface area (Å²) in [5.41, 5.74) is 0.249. The summed E-state index contributed by atoms with van der Waals surface area (Å²) < 4.78 is 21.1. The Morgan fingerprint density at radius 2 is 1.55 bits per heavy atom. The van der Waals surface area contributed by atoms with Crippen LogP contribution in [0.5, 0.6) is 0 Å². The summed E-state index contributed by atoms with van der Waals surface area (Å²) in [6.07, 6.45) is -1.75. The molecule has 1 atom stereocenters. The maximum atomic E-state index is 12.6. The van der Waals surface area contributed by atoms with Crippen LogP contribution >= 0.6 is 0 Å². The third-order valence-electron chi connectivity index (χ3n) is 5.19. The van der Waals surface area contributed by atoms with E-state index in [0.29, 0.717) is 0 Å². The quantitative estimate of drug-likeness (QED) is 0.277. The molecule has 0 saturated carbocycles. The van der Waals surface area contributed by atoms with Gasteiger partial charge >= 0.3 is 18.0 Å². The Balaban J connectivity index is 3.23. The van der Waals surface area contributed by atoms with E-state index in [-0.39, 0.29) is 22.9 Å². The average molecular weight is 452 g/mol. The Kier molecular flexibility index (Phi) is 9.45. The van der Waals surface area contributed by atoms with Gasteiger partial charge in [0, 0.05) is 0 Å². The first-order valence-electron chi connectivity index (χ1n) is 9.90. The molecule has 1 N–H and O–H groups in total. The molecule has 0 aromatic heterocycles. The zero-order chi connectivity index (χ0) is 23.8. The lowest BCUT2D eigenvalue weighted by Crippen LogP contribution is -2.45. The molecule has 1 aromatic carbocycles. The molecule has 0 saturated heterocycles. The summed E-state index contributed by atoms with van der Waals surface area (Å²) in [6.45, 7) is 11.8. The molecule has 0 spiro atoms. The fraction of sp³-hybridized carbons (Fsp3) is 0.500. The van der Waals surface area contributed by atoms with Crippen LogP contribution in [0.3, 0.4) is 0 Å². The molecule has 9 heteroatoms. The SMILES string of the molecule is COC(=O)/C(NC(=O)OCc1ccccc1)=C(/C(=O)OC)[C@@H](C)O[Si](C)(C)C(C)(C)C. The van der Waals surface area contributed by atoms with Crippen molar-refractivity contribution in [2.24, 2.45) is 0 Å². The van der Waals surface area contributed by atoms with Crippen molar-refractivity contribution in [3.05, 3.63) is 47.2 Å². The van der Waals surface area contributed by atoms with Crippen molar-refractivity contribution < 1.29 is 33.0 Å². The van der Waals surface area contributed by atoms with Crippen LogP contribution in [-0.4, -0.2) is 46.7 Å². The van der Waals surface area contributed by atoms with Gasteiger partial charge in [0.15, 0.2) is 8.32 Å². The summed E-state index contributed by atoms with van der Waals surface area (Å²) >= 11 is 0. The topological polar surface area (TPSA) is 100 Å². The maximum absolute atomic E-state index is 12.6. The van der Waals surface area contributed by atoms with E-state index in [2.05, 4.69) is 5.32 Å². The summed E-state index contributed by atoms with van der Waals surface area (Å²) in [5.74, 6) is -1.72. The number of methoxy groups -OCH3 is 2. The minimum Gasteiger partial charge on any atom is -0.466 e. The van der Waals surface area contributed by atoms with Crippen molar-refractivity contribution in [2.45, 2.75) is 58.5 Å². The van der Waals surface area contributed by atoms with Crippen LogP contribution in [-0.2, 0) is 34.8 Å². The van der Waals surface area contributed by atoms with Crippen molar-refractivity contribution in [3.8, 4) is 0 Å². The third kappa shape index (κ3) is 7.52. The third-order valence-corrected chi connectivity index (χ3v) is 9.74. The predicted molar refractivity (Wildman–Crippen MR) is 119 cm³/mol. The molecule has 1 aromatic rings. The number of nitrogens with one attached hydrogen (secondary N) is 1. The normalized spacial score (nSPS) is 13.5. The smallest absolute Gasteiger partial charge is 0.412 e. The van der Waals surface area contributed by atoms with Gasteiger partial charge < -0.3 is 18.6 Å². The van der Waals surface area contributed by atoms with Gasteiger partial charge in [-0.3, -0.25) is 5.32 Å². The minimum absolute atomic E-state index is 0.00922. The average Bonchev–Trinajstić information content (AvgIpc) is 2.70. The van der Waals surface area contributed by atoms with Crippen LogP contribution < -0.4 is 5.32 Å². The standard InChI is InChI=1S/C22H33NO7Si/c1-15(30-31(7,8)22(2,3)4)17(19(24)27-5)18(20(25)28-6)23-21(26)29-14-16-12-10-9-11-13-16/h9-13,15H,14H2,1-8H3,(H,23,26)/b18-17-/t15-/m1/s1. The predicted octanol–water partition coefficient (Wildman–Crippen LogP) is 3.92. The Morgan fingerprint density at radius 1 is 1.00 bits per heavy atom. The first-order chi connectivity index (χ1) is 14.3. The highest BCUT2D eigenvalue weighted by molar-refractivity contribution is 6.74. The molecule has 0 aliphatic heterocycles. The van der Waals surface area contributed by atoms with E-state index >= 15 is 0 Å². The lowest BCUT2D eigenvalue weighted by atomic mass is 10.1. The van der Waals surface area contributed by atoms with Gasteiger partial charge in [0.05, 0.1) is 25.9 Å². The van der Waals surface area contributed by atoms with Gasteiger partial charge in [0.25, 0.3) is 0 Å².